The fraction of sp³-hybridized carbons (Fsp3) is 0.238. The second-order valence-electron chi connectivity index (χ2n) is 6.72. The topological polar surface area (TPSA) is 88.9 Å². The molecule has 0 aliphatic carbocycles. The third-order valence-corrected chi connectivity index (χ3v) is 5.55. The molecule has 0 aliphatic rings. The lowest BCUT2D eigenvalue weighted by Crippen LogP contribution is -2.25. The lowest BCUT2D eigenvalue weighted by atomic mass is 10.1. The Bertz CT molecular complexity index is 1060. The Kier molecular flexibility index (Phi) is 6.83. The second kappa shape index (κ2) is 9.53. The maximum atomic E-state index is 13.7. The van der Waals surface area contributed by atoms with Crippen LogP contribution in [0.3, 0.4) is 0 Å². The molecule has 0 radical (unpaired) electrons. The van der Waals surface area contributed by atoms with Gasteiger partial charge in [-0.2, -0.15) is 0 Å². The molecule has 2 aromatic carbocycles. The molecular formula is C21H22FN5O2S. The van der Waals surface area contributed by atoms with Crippen LogP contribution in [-0.2, 0) is 18.4 Å². The van der Waals surface area contributed by atoms with Gasteiger partial charge in [0, 0.05) is 12.7 Å². The first-order valence-corrected chi connectivity index (χ1v) is 10.2. The Morgan fingerprint density at radius 3 is 2.47 bits per heavy atom. The van der Waals surface area contributed by atoms with E-state index in [1.54, 1.807) is 17.7 Å². The third-order valence-electron chi connectivity index (χ3n) is 4.53. The number of aromatic nitrogens is 3. The molecule has 7 nitrogen and oxygen atoms in total. The number of rotatable bonds is 7. The van der Waals surface area contributed by atoms with Crippen molar-refractivity contribution in [1.29, 1.82) is 0 Å². The van der Waals surface area contributed by atoms with Crippen LogP contribution in [-0.4, -0.2) is 32.3 Å². The van der Waals surface area contributed by atoms with E-state index in [1.165, 1.54) is 30.0 Å². The van der Waals surface area contributed by atoms with E-state index in [-0.39, 0.29) is 23.8 Å². The Morgan fingerprint density at radius 1 is 1.07 bits per heavy atom. The minimum Gasteiger partial charge on any atom is -0.345 e. The average molecular weight is 428 g/mol. The minimum atomic E-state index is -0.584. The summed E-state index contributed by atoms with van der Waals surface area (Å²) < 4.78 is 15.4. The van der Waals surface area contributed by atoms with Crippen molar-refractivity contribution in [3.63, 3.8) is 0 Å². The smallest absolute Gasteiger partial charge is 0.254 e. The van der Waals surface area contributed by atoms with Crippen LogP contribution in [0.4, 0.5) is 10.1 Å². The molecule has 0 aliphatic heterocycles. The molecule has 0 bridgehead atoms. The quantitative estimate of drug-likeness (QED) is 0.565. The van der Waals surface area contributed by atoms with E-state index in [4.69, 9.17) is 0 Å². The maximum absolute atomic E-state index is 13.7. The first-order chi connectivity index (χ1) is 14.4. The highest BCUT2D eigenvalue weighted by molar-refractivity contribution is 7.99. The van der Waals surface area contributed by atoms with Crippen molar-refractivity contribution < 1.29 is 14.0 Å². The summed E-state index contributed by atoms with van der Waals surface area (Å²) in [5.41, 5.74) is 2.79. The minimum absolute atomic E-state index is 0.0302. The predicted octanol–water partition coefficient (Wildman–Crippen LogP) is 3.23. The van der Waals surface area contributed by atoms with Crippen molar-refractivity contribution in [2.24, 2.45) is 7.05 Å². The molecule has 3 rings (SSSR count). The molecule has 0 saturated carbocycles. The van der Waals surface area contributed by atoms with E-state index < -0.39 is 11.7 Å². The molecule has 0 saturated heterocycles. The van der Waals surface area contributed by atoms with Gasteiger partial charge in [0.05, 0.1) is 17.9 Å². The lowest BCUT2D eigenvalue weighted by Gasteiger charge is -2.11. The van der Waals surface area contributed by atoms with Crippen LogP contribution >= 0.6 is 11.8 Å². The van der Waals surface area contributed by atoms with E-state index >= 15 is 0 Å². The molecule has 2 amide bonds. The molecule has 30 heavy (non-hydrogen) atoms. The van der Waals surface area contributed by atoms with Crippen molar-refractivity contribution >= 4 is 29.3 Å². The van der Waals surface area contributed by atoms with Crippen LogP contribution in [0.2, 0.25) is 0 Å². The van der Waals surface area contributed by atoms with Crippen molar-refractivity contribution in [2.75, 3.05) is 11.1 Å². The summed E-state index contributed by atoms with van der Waals surface area (Å²) in [5, 5.41) is 14.2. The monoisotopic (exact) mass is 427 g/mol. The highest BCUT2D eigenvalue weighted by atomic mass is 32.2. The Balaban J connectivity index is 1.56. The number of nitrogens with one attached hydrogen (secondary N) is 2. The van der Waals surface area contributed by atoms with E-state index in [0.717, 1.165) is 16.8 Å². The summed E-state index contributed by atoms with van der Waals surface area (Å²) in [6.45, 7) is 3.98. The Morgan fingerprint density at radius 2 is 1.77 bits per heavy atom. The van der Waals surface area contributed by atoms with E-state index in [9.17, 15) is 14.0 Å². The van der Waals surface area contributed by atoms with Gasteiger partial charge < -0.3 is 15.2 Å². The molecule has 0 atom stereocenters. The highest BCUT2D eigenvalue weighted by Crippen LogP contribution is 2.21. The standard InChI is InChI=1S/C21H22FN5O2S/c1-13-7-6-8-14(2)19(13)24-18(28)12-30-21-26-25-17(27(21)3)11-23-20(29)15-9-4-5-10-16(15)22/h4-10H,11-12H2,1-3H3,(H,23,29)(H,24,28). The molecular weight excluding hydrogens is 405 g/mol. The van der Waals surface area contributed by atoms with Gasteiger partial charge in [0.15, 0.2) is 11.0 Å². The number of hydrogen-bond donors (Lipinski definition) is 2. The van der Waals surface area contributed by atoms with Crippen molar-refractivity contribution in [2.45, 2.75) is 25.5 Å². The van der Waals surface area contributed by atoms with Gasteiger partial charge in [-0.15, -0.1) is 10.2 Å². The Labute approximate surface area is 178 Å². The number of benzene rings is 2. The first-order valence-electron chi connectivity index (χ1n) is 9.26. The van der Waals surface area contributed by atoms with Gasteiger partial charge in [0.25, 0.3) is 5.91 Å². The number of halogens is 1. The van der Waals surface area contributed by atoms with Crippen LogP contribution in [0.1, 0.15) is 27.3 Å². The summed E-state index contributed by atoms with van der Waals surface area (Å²) in [6, 6.07) is 11.6. The normalized spacial score (nSPS) is 10.7. The molecule has 2 N–H and O–H groups in total. The van der Waals surface area contributed by atoms with Crippen LogP contribution in [0.25, 0.3) is 0 Å². The summed E-state index contributed by atoms with van der Waals surface area (Å²) in [7, 11) is 1.75. The molecule has 156 valence electrons. The number of amides is 2. The zero-order chi connectivity index (χ0) is 21.7. The molecule has 0 fully saturated rings. The summed E-state index contributed by atoms with van der Waals surface area (Å²) >= 11 is 1.24. The van der Waals surface area contributed by atoms with Crippen LogP contribution in [0.5, 0.6) is 0 Å². The van der Waals surface area contributed by atoms with Gasteiger partial charge in [0.1, 0.15) is 5.82 Å². The number of hydrogen-bond acceptors (Lipinski definition) is 5. The summed E-state index contributed by atoms with van der Waals surface area (Å²) in [5.74, 6) is -0.592. The summed E-state index contributed by atoms with van der Waals surface area (Å²) in [6.07, 6.45) is 0. The third kappa shape index (κ3) is 5.04. The second-order valence-corrected chi connectivity index (χ2v) is 7.67. The number of nitrogens with zero attached hydrogens (tertiary/aromatic N) is 3. The maximum Gasteiger partial charge on any atom is 0.254 e. The first kappa shape index (κ1) is 21.5. The van der Waals surface area contributed by atoms with Crippen molar-refractivity contribution in [1.82, 2.24) is 20.1 Å². The zero-order valence-electron chi connectivity index (χ0n) is 16.9. The van der Waals surface area contributed by atoms with Gasteiger partial charge in [-0.25, -0.2) is 4.39 Å². The fourth-order valence-corrected chi connectivity index (χ4v) is 3.57. The molecule has 9 heteroatoms. The van der Waals surface area contributed by atoms with Crippen LogP contribution in [0.15, 0.2) is 47.6 Å². The predicted molar refractivity (Wildman–Crippen MR) is 114 cm³/mol. The fourth-order valence-electron chi connectivity index (χ4n) is 2.84. The number of thioether (sulfide) groups is 1. The van der Waals surface area contributed by atoms with Crippen LogP contribution in [0, 0.1) is 19.7 Å². The number of carbonyl (C=O) groups excluding carboxylic acids is 2. The number of carbonyl (C=O) groups is 2. The van der Waals surface area contributed by atoms with Crippen molar-refractivity contribution in [3.8, 4) is 0 Å². The van der Waals surface area contributed by atoms with Gasteiger partial charge in [-0.1, -0.05) is 42.1 Å². The van der Waals surface area contributed by atoms with Crippen molar-refractivity contribution in [3.05, 3.63) is 70.8 Å². The largest absolute Gasteiger partial charge is 0.345 e. The lowest BCUT2D eigenvalue weighted by molar-refractivity contribution is -0.113. The SMILES string of the molecule is Cc1cccc(C)c1NC(=O)CSc1nnc(CNC(=O)c2ccccc2F)n1C. The highest BCUT2D eigenvalue weighted by Gasteiger charge is 2.15. The number of anilines is 1. The molecule has 0 unspecified atom stereocenters. The Hall–Kier alpha value is -3.20. The molecule has 3 aromatic rings. The molecule has 0 spiro atoms. The number of para-hydroxylation sites is 1. The average Bonchev–Trinajstić information content (AvgIpc) is 3.07. The van der Waals surface area contributed by atoms with Crippen LogP contribution < -0.4 is 10.6 Å². The van der Waals surface area contributed by atoms with Gasteiger partial charge in [-0.05, 0) is 37.1 Å². The van der Waals surface area contributed by atoms with Gasteiger partial charge in [0.2, 0.25) is 5.91 Å². The van der Waals surface area contributed by atoms with Gasteiger partial charge >= 0.3 is 0 Å². The summed E-state index contributed by atoms with van der Waals surface area (Å²) in [4.78, 5) is 24.5. The van der Waals surface area contributed by atoms with E-state index in [1.807, 2.05) is 32.0 Å². The zero-order valence-corrected chi connectivity index (χ0v) is 17.7. The van der Waals surface area contributed by atoms with Gasteiger partial charge in [-0.3, -0.25) is 9.59 Å². The van der Waals surface area contributed by atoms with E-state index in [2.05, 4.69) is 20.8 Å². The molecule has 1 aromatic heterocycles. The van der Waals surface area contributed by atoms with E-state index in [0.29, 0.717) is 11.0 Å². The number of aryl methyl sites for hydroxylation is 2. The molecule has 1 heterocycles.